The number of aromatic nitrogens is 1. The summed E-state index contributed by atoms with van der Waals surface area (Å²) in [6.45, 7) is 12.6. The second-order valence-electron chi connectivity index (χ2n) is 13.1. The molecule has 1 aliphatic heterocycles. The van der Waals surface area contributed by atoms with E-state index >= 15 is 0 Å². The van der Waals surface area contributed by atoms with Crippen LogP contribution in [0.2, 0.25) is 0 Å². The third-order valence-electron chi connectivity index (χ3n) is 10.1. The molecule has 0 saturated carbocycles. The van der Waals surface area contributed by atoms with Crippen molar-refractivity contribution < 1.29 is 0 Å². The normalized spacial score (nSPS) is 16.9. The predicted molar refractivity (Wildman–Crippen MR) is 204 cm³/mol. The highest BCUT2D eigenvalue weighted by atomic mass is 15.3. The van der Waals surface area contributed by atoms with Crippen molar-refractivity contribution in [3.05, 3.63) is 180 Å². The van der Waals surface area contributed by atoms with Gasteiger partial charge < -0.3 is 0 Å². The fourth-order valence-electron chi connectivity index (χ4n) is 7.77. The highest BCUT2D eigenvalue weighted by Gasteiger charge is 2.38. The van der Waals surface area contributed by atoms with Crippen LogP contribution in [-0.4, -0.2) is 11.7 Å². The highest BCUT2D eigenvalue weighted by molar-refractivity contribution is 6.19. The Labute approximate surface area is 282 Å². The maximum Gasteiger partial charge on any atom is 0.142 e. The summed E-state index contributed by atoms with van der Waals surface area (Å²) in [6.07, 6.45) is 11.8. The third kappa shape index (κ3) is 4.65. The Hall–Kier alpha value is -5.80. The van der Waals surface area contributed by atoms with Gasteiger partial charge in [0.25, 0.3) is 0 Å². The first-order chi connectivity index (χ1) is 23.5. The molecule has 1 aliphatic carbocycles. The predicted octanol–water partition coefficient (Wildman–Crippen LogP) is 11.7. The van der Waals surface area contributed by atoms with Crippen LogP contribution in [0.15, 0.2) is 169 Å². The van der Waals surface area contributed by atoms with Gasteiger partial charge in [-0.1, -0.05) is 142 Å². The first-order valence-corrected chi connectivity index (χ1v) is 16.6. The largest absolute Gasteiger partial charge is 0.278 e. The molecule has 2 heterocycles. The van der Waals surface area contributed by atoms with Gasteiger partial charge in [-0.15, -0.1) is 0 Å². The summed E-state index contributed by atoms with van der Waals surface area (Å²) in [5.74, 6) is 1.85. The fraction of sp³-hybridized carbons (Fsp3) is 0.111. The number of nitrogens with zero attached hydrogens (tertiary/aromatic N) is 3. The minimum absolute atomic E-state index is 0.259. The molecule has 0 spiro atoms. The molecule has 6 aromatic rings. The van der Waals surface area contributed by atoms with Gasteiger partial charge in [0.2, 0.25) is 0 Å². The second-order valence-corrected chi connectivity index (χ2v) is 13.1. The molecular weight excluding hydrogens is 583 g/mol. The fourth-order valence-corrected chi connectivity index (χ4v) is 7.77. The molecule has 5 aromatic carbocycles. The van der Waals surface area contributed by atoms with E-state index in [2.05, 4.69) is 157 Å². The van der Waals surface area contributed by atoms with Crippen molar-refractivity contribution >= 4 is 45.3 Å². The molecule has 3 nitrogen and oxygen atoms in total. The van der Waals surface area contributed by atoms with Gasteiger partial charge in [-0.3, -0.25) is 4.90 Å². The van der Waals surface area contributed by atoms with Crippen molar-refractivity contribution in [1.82, 2.24) is 4.98 Å². The van der Waals surface area contributed by atoms with Gasteiger partial charge in [0, 0.05) is 23.1 Å². The van der Waals surface area contributed by atoms with Crippen LogP contribution in [0, 0.1) is 0 Å². The smallest absolute Gasteiger partial charge is 0.142 e. The number of pyridine rings is 1. The van der Waals surface area contributed by atoms with Crippen LogP contribution < -0.4 is 4.90 Å². The molecule has 3 heteroatoms. The molecule has 8 rings (SSSR count). The number of hydrogen-bond donors (Lipinski definition) is 0. The Morgan fingerprint density at radius 3 is 2.02 bits per heavy atom. The molecule has 0 fully saturated rings. The lowest BCUT2D eigenvalue weighted by Crippen LogP contribution is -2.33. The minimum Gasteiger partial charge on any atom is -0.278 e. The maximum absolute atomic E-state index is 4.68. The van der Waals surface area contributed by atoms with E-state index in [0.717, 1.165) is 29.3 Å². The average Bonchev–Trinajstić information content (AvgIpc) is 3.14. The van der Waals surface area contributed by atoms with Crippen LogP contribution in [0.25, 0.3) is 38.2 Å². The molecule has 1 unspecified atom stereocenters. The van der Waals surface area contributed by atoms with Gasteiger partial charge >= 0.3 is 0 Å². The first-order valence-electron chi connectivity index (χ1n) is 16.6. The van der Waals surface area contributed by atoms with Crippen molar-refractivity contribution in [3.8, 4) is 11.1 Å². The minimum atomic E-state index is -0.313. The maximum atomic E-state index is 4.68. The van der Waals surface area contributed by atoms with Crippen LogP contribution >= 0.6 is 0 Å². The Morgan fingerprint density at radius 2 is 1.44 bits per heavy atom. The zero-order chi connectivity index (χ0) is 32.8. The van der Waals surface area contributed by atoms with Crippen LogP contribution in [0.4, 0.5) is 11.5 Å². The van der Waals surface area contributed by atoms with E-state index in [1.807, 2.05) is 30.5 Å². The van der Waals surface area contributed by atoms with Crippen molar-refractivity contribution in [2.45, 2.75) is 31.6 Å². The lowest BCUT2D eigenvalue weighted by molar-refractivity contribution is 0.613. The van der Waals surface area contributed by atoms with E-state index in [4.69, 9.17) is 0 Å². The van der Waals surface area contributed by atoms with Crippen molar-refractivity contribution in [2.24, 2.45) is 4.99 Å². The molecule has 0 radical (unpaired) electrons. The number of allylic oxidation sites excluding steroid dienone is 6. The van der Waals surface area contributed by atoms with Gasteiger partial charge in [-0.2, -0.15) is 0 Å². The second kappa shape index (κ2) is 11.8. The van der Waals surface area contributed by atoms with Crippen LogP contribution in [0.3, 0.4) is 0 Å². The van der Waals surface area contributed by atoms with Crippen molar-refractivity contribution in [1.29, 1.82) is 0 Å². The molecule has 0 saturated heterocycles. The first kappa shape index (κ1) is 29.6. The molecule has 48 heavy (non-hydrogen) atoms. The standard InChI is InChI=1S/C45H37N3/c1-5-38-44(46-4)48(41-21-13-14-28-47-41)40-27-26-33(29-39(40)45(38,2)3)30-22-24-32(25-23-30)43-36-19-11-9-17-34(36)42(31-15-7-6-8-16-31)35-18-10-12-20-37(35)43/h5-22,24-30H,1,4,23H2,2-3H3. The Balaban J connectivity index is 1.21. The summed E-state index contributed by atoms with van der Waals surface area (Å²) in [5.41, 5.74) is 9.43. The molecule has 232 valence electrons. The molecule has 1 atom stereocenters. The van der Waals surface area contributed by atoms with Crippen molar-refractivity contribution in [2.75, 3.05) is 4.90 Å². The highest BCUT2D eigenvalue weighted by Crippen LogP contribution is 2.50. The van der Waals surface area contributed by atoms with E-state index in [0.29, 0.717) is 0 Å². The van der Waals surface area contributed by atoms with E-state index in [9.17, 15) is 0 Å². The van der Waals surface area contributed by atoms with Gasteiger partial charge in [-0.05, 0) is 86.3 Å². The Bertz CT molecular complexity index is 2270. The van der Waals surface area contributed by atoms with E-state index in [1.54, 1.807) is 0 Å². The van der Waals surface area contributed by atoms with Gasteiger partial charge in [0.15, 0.2) is 0 Å². The number of fused-ring (bicyclic) bond motifs is 3. The average molecular weight is 620 g/mol. The van der Waals surface area contributed by atoms with Crippen LogP contribution in [-0.2, 0) is 5.41 Å². The topological polar surface area (TPSA) is 28.5 Å². The molecular formula is C45H37N3. The number of rotatable bonds is 6. The number of anilines is 2. The number of aliphatic imine (C=N–C) groups is 1. The summed E-state index contributed by atoms with van der Waals surface area (Å²) in [6, 6.07) is 41.3. The monoisotopic (exact) mass is 619 g/mol. The van der Waals surface area contributed by atoms with E-state index < -0.39 is 0 Å². The summed E-state index contributed by atoms with van der Waals surface area (Å²) in [7, 11) is 0. The van der Waals surface area contributed by atoms with Gasteiger partial charge in [0.05, 0.1) is 5.69 Å². The van der Waals surface area contributed by atoms with E-state index in [1.165, 1.54) is 54.9 Å². The summed E-state index contributed by atoms with van der Waals surface area (Å²) in [5, 5.41) is 5.13. The lowest BCUT2D eigenvalue weighted by Gasteiger charge is -2.41. The van der Waals surface area contributed by atoms with Crippen LogP contribution in [0.5, 0.6) is 0 Å². The Kier molecular flexibility index (Phi) is 7.26. The zero-order valence-electron chi connectivity index (χ0n) is 27.4. The number of hydrogen-bond acceptors (Lipinski definition) is 3. The quantitative estimate of drug-likeness (QED) is 0.137. The summed E-state index contributed by atoms with van der Waals surface area (Å²) >= 11 is 0. The van der Waals surface area contributed by atoms with E-state index in [-0.39, 0.29) is 11.3 Å². The molecule has 2 aliphatic rings. The molecule has 0 bridgehead atoms. The summed E-state index contributed by atoms with van der Waals surface area (Å²) in [4.78, 5) is 11.3. The molecule has 0 amide bonds. The van der Waals surface area contributed by atoms with Gasteiger partial charge in [0.1, 0.15) is 11.6 Å². The number of benzene rings is 5. The Morgan fingerprint density at radius 1 is 0.792 bits per heavy atom. The SMILES string of the molecule is C=CC1=C(N=C)N(c2ccccn2)c2ccc(C3C=CC(c4c5ccccc5c(-c5ccccc5)c5ccccc45)=CC3)cc2C1(C)C. The molecule has 1 aromatic heterocycles. The zero-order valence-corrected chi connectivity index (χ0v) is 27.4. The van der Waals surface area contributed by atoms with Crippen molar-refractivity contribution in [3.63, 3.8) is 0 Å². The third-order valence-corrected chi connectivity index (χ3v) is 10.1. The lowest BCUT2D eigenvalue weighted by atomic mass is 9.72. The van der Waals surface area contributed by atoms with Gasteiger partial charge in [-0.25, -0.2) is 9.98 Å². The summed E-state index contributed by atoms with van der Waals surface area (Å²) < 4.78 is 0. The molecule has 0 N–H and O–H groups in total. The van der Waals surface area contributed by atoms with Crippen LogP contribution in [0.1, 0.15) is 42.9 Å².